The quantitative estimate of drug-likeness (QED) is 0.444. The average Bonchev–Trinajstić information content (AvgIpc) is 3.23. The van der Waals surface area contributed by atoms with Crippen molar-refractivity contribution in [2.75, 3.05) is 11.1 Å². The summed E-state index contributed by atoms with van der Waals surface area (Å²) >= 11 is 0. The van der Waals surface area contributed by atoms with E-state index in [-0.39, 0.29) is 0 Å². The van der Waals surface area contributed by atoms with Crippen LogP contribution in [0, 0.1) is 11.3 Å². The summed E-state index contributed by atoms with van der Waals surface area (Å²) in [5.74, 6) is 1.11. The Hall–Kier alpha value is -4.77. The van der Waals surface area contributed by atoms with Gasteiger partial charge in [0.15, 0.2) is 11.5 Å². The molecule has 0 saturated heterocycles. The SMILES string of the molecule is N#Cc1ccc(NCc2ccc(-n3c(-c4cccnc4N)nc4cccnc43)cc2)cn1. The molecule has 1 aromatic carbocycles. The van der Waals surface area contributed by atoms with Crippen LogP contribution >= 0.6 is 0 Å². The Morgan fingerprint density at radius 1 is 0.938 bits per heavy atom. The Morgan fingerprint density at radius 3 is 2.50 bits per heavy atom. The van der Waals surface area contributed by atoms with E-state index in [1.807, 2.05) is 65.2 Å². The topological polar surface area (TPSA) is 118 Å². The van der Waals surface area contributed by atoms with E-state index in [0.717, 1.165) is 33.7 Å². The molecule has 8 nitrogen and oxygen atoms in total. The first-order valence-corrected chi connectivity index (χ1v) is 9.96. The van der Waals surface area contributed by atoms with Gasteiger partial charge in [0.1, 0.15) is 23.1 Å². The molecule has 0 saturated carbocycles. The van der Waals surface area contributed by atoms with Gasteiger partial charge in [0.2, 0.25) is 0 Å². The van der Waals surface area contributed by atoms with Crippen LogP contribution in [0.15, 0.2) is 79.3 Å². The molecule has 8 heteroatoms. The number of rotatable bonds is 5. The number of nitriles is 1. The molecule has 0 aliphatic carbocycles. The number of nitrogens with one attached hydrogen (secondary N) is 1. The molecule has 0 aliphatic heterocycles. The van der Waals surface area contributed by atoms with Gasteiger partial charge in [0.25, 0.3) is 0 Å². The monoisotopic (exact) mass is 418 g/mol. The highest BCUT2D eigenvalue weighted by molar-refractivity contribution is 5.82. The molecule has 0 atom stereocenters. The van der Waals surface area contributed by atoms with Gasteiger partial charge in [0, 0.05) is 24.6 Å². The third-order valence-electron chi connectivity index (χ3n) is 5.06. The molecular formula is C24H18N8. The van der Waals surface area contributed by atoms with Crippen molar-refractivity contribution in [2.24, 2.45) is 0 Å². The second-order valence-electron chi connectivity index (χ2n) is 7.12. The molecule has 4 heterocycles. The molecule has 0 spiro atoms. The largest absolute Gasteiger partial charge is 0.383 e. The Kier molecular flexibility index (Phi) is 4.90. The van der Waals surface area contributed by atoms with E-state index in [9.17, 15) is 0 Å². The normalized spacial score (nSPS) is 10.7. The van der Waals surface area contributed by atoms with Crippen LogP contribution in [0.2, 0.25) is 0 Å². The maximum absolute atomic E-state index is 8.86. The molecule has 0 bridgehead atoms. The van der Waals surface area contributed by atoms with Crippen LogP contribution in [0.25, 0.3) is 28.2 Å². The standard InChI is InChI=1S/C24H18N8/c25-13-17-7-8-18(15-30-17)29-14-16-5-9-19(10-6-16)32-23(20-3-1-11-27-22(20)26)31-21-4-2-12-28-24(21)32/h1-12,15,29H,14H2,(H2,26,27). The van der Waals surface area contributed by atoms with Gasteiger partial charge in [-0.05, 0) is 54.1 Å². The summed E-state index contributed by atoms with van der Waals surface area (Å²) in [6.07, 6.45) is 5.07. The summed E-state index contributed by atoms with van der Waals surface area (Å²) in [6.45, 7) is 0.624. The Bertz CT molecular complexity index is 1430. The van der Waals surface area contributed by atoms with Gasteiger partial charge in [-0.25, -0.2) is 19.9 Å². The number of aromatic nitrogens is 5. The molecule has 154 valence electrons. The van der Waals surface area contributed by atoms with Crippen molar-refractivity contribution in [3.8, 4) is 23.1 Å². The van der Waals surface area contributed by atoms with Crippen molar-refractivity contribution < 1.29 is 0 Å². The van der Waals surface area contributed by atoms with E-state index in [4.69, 9.17) is 16.0 Å². The first kappa shape index (κ1) is 19.2. The van der Waals surface area contributed by atoms with E-state index >= 15 is 0 Å². The molecule has 4 aromatic heterocycles. The molecule has 3 N–H and O–H groups in total. The van der Waals surface area contributed by atoms with Crippen molar-refractivity contribution in [3.05, 3.63) is 90.5 Å². The van der Waals surface area contributed by atoms with Crippen LogP contribution in [0.1, 0.15) is 11.3 Å². The molecular weight excluding hydrogens is 400 g/mol. The number of hydrogen-bond donors (Lipinski definition) is 2. The van der Waals surface area contributed by atoms with Gasteiger partial charge in [-0.2, -0.15) is 5.26 Å². The summed E-state index contributed by atoms with van der Waals surface area (Å²) < 4.78 is 1.99. The number of hydrogen-bond acceptors (Lipinski definition) is 7. The number of nitrogens with two attached hydrogens (primary N) is 1. The number of nitrogens with zero attached hydrogens (tertiary/aromatic N) is 6. The van der Waals surface area contributed by atoms with Crippen LogP contribution in [0.5, 0.6) is 0 Å². The lowest BCUT2D eigenvalue weighted by Gasteiger charge is -2.11. The number of pyridine rings is 3. The lowest BCUT2D eigenvalue weighted by atomic mass is 10.2. The lowest BCUT2D eigenvalue weighted by molar-refractivity contribution is 1.06. The molecule has 5 aromatic rings. The lowest BCUT2D eigenvalue weighted by Crippen LogP contribution is -2.03. The number of imidazole rings is 1. The van der Waals surface area contributed by atoms with Gasteiger partial charge >= 0.3 is 0 Å². The van der Waals surface area contributed by atoms with E-state index < -0.39 is 0 Å². The van der Waals surface area contributed by atoms with Gasteiger partial charge in [0.05, 0.1) is 17.4 Å². The second-order valence-corrected chi connectivity index (χ2v) is 7.12. The third kappa shape index (κ3) is 3.59. The summed E-state index contributed by atoms with van der Waals surface area (Å²) in [7, 11) is 0. The highest BCUT2D eigenvalue weighted by Gasteiger charge is 2.17. The van der Waals surface area contributed by atoms with Crippen molar-refractivity contribution in [3.63, 3.8) is 0 Å². The highest BCUT2D eigenvalue weighted by Crippen LogP contribution is 2.30. The highest BCUT2D eigenvalue weighted by atomic mass is 15.1. The summed E-state index contributed by atoms with van der Waals surface area (Å²) in [5.41, 5.74) is 11.7. The summed E-state index contributed by atoms with van der Waals surface area (Å²) in [5, 5.41) is 12.2. The Balaban J connectivity index is 1.47. The number of fused-ring (bicyclic) bond motifs is 1. The second kappa shape index (κ2) is 8.16. The van der Waals surface area contributed by atoms with Crippen LogP contribution < -0.4 is 11.1 Å². The zero-order chi connectivity index (χ0) is 21.9. The minimum absolute atomic E-state index is 0.395. The van der Waals surface area contributed by atoms with Gasteiger partial charge in [-0.3, -0.25) is 4.57 Å². The number of anilines is 2. The fraction of sp³-hybridized carbons (Fsp3) is 0.0417. The minimum Gasteiger partial charge on any atom is -0.383 e. The zero-order valence-corrected chi connectivity index (χ0v) is 17.0. The number of nitrogen functional groups attached to an aromatic ring is 1. The van der Waals surface area contributed by atoms with Gasteiger partial charge < -0.3 is 11.1 Å². The molecule has 5 rings (SSSR count). The predicted octanol–water partition coefficient (Wildman–Crippen LogP) is 3.94. The maximum Gasteiger partial charge on any atom is 0.164 e. The van der Waals surface area contributed by atoms with Gasteiger partial charge in [-0.1, -0.05) is 12.1 Å². The molecule has 0 radical (unpaired) electrons. The molecule has 0 amide bonds. The van der Waals surface area contributed by atoms with E-state index in [2.05, 4.69) is 20.3 Å². The van der Waals surface area contributed by atoms with Crippen LogP contribution in [0.3, 0.4) is 0 Å². The van der Waals surface area contributed by atoms with Crippen molar-refractivity contribution in [1.29, 1.82) is 5.26 Å². The summed E-state index contributed by atoms with van der Waals surface area (Å²) in [6, 6.07) is 21.2. The van der Waals surface area contributed by atoms with Crippen LogP contribution in [-0.4, -0.2) is 24.5 Å². The first-order chi connectivity index (χ1) is 15.7. The maximum atomic E-state index is 8.86. The van der Waals surface area contributed by atoms with E-state index in [0.29, 0.717) is 23.9 Å². The van der Waals surface area contributed by atoms with Crippen molar-refractivity contribution in [1.82, 2.24) is 24.5 Å². The van der Waals surface area contributed by atoms with Crippen molar-refractivity contribution >= 4 is 22.7 Å². The number of benzene rings is 1. The molecule has 0 aliphatic rings. The fourth-order valence-electron chi connectivity index (χ4n) is 3.48. The fourth-order valence-corrected chi connectivity index (χ4v) is 3.48. The predicted molar refractivity (Wildman–Crippen MR) is 123 cm³/mol. The average molecular weight is 418 g/mol. The van der Waals surface area contributed by atoms with Crippen LogP contribution in [-0.2, 0) is 6.54 Å². The third-order valence-corrected chi connectivity index (χ3v) is 5.06. The van der Waals surface area contributed by atoms with Gasteiger partial charge in [-0.15, -0.1) is 0 Å². The van der Waals surface area contributed by atoms with E-state index in [1.165, 1.54) is 0 Å². The Labute approximate surface area is 184 Å². The molecule has 0 fully saturated rings. The van der Waals surface area contributed by atoms with E-state index in [1.54, 1.807) is 24.7 Å². The van der Waals surface area contributed by atoms with Crippen LogP contribution in [0.4, 0.5) is 11.5 Å². The Morgan fingerprint density at radius 2 is 1.75 bits per heavy atom. The first-order valence-electron chi connectivity index (χ1n) is 9.96. The van der Waals surface area contributed by atoms with Crippen molar-refractivity contribution in [2.45, 2.75) is 6.54 Å². The smallest absolute Gasteiger partial charge is 0.164 e. The zero-order valence-electron chi connectivity index (χ0n) is 17.0. The molecule has 32 heavy (non-hydrogen) atoms. The summed E-state index contributed by atoms with van der Waals surface area (Å²) in [4.78, 5) is 17.6. The minimum atomic E-state index is 0.395. The molecule has 0 unspecified atom stereocenters.